The summed E-state index contributed by atoms with van der Waals surface area (Å²) in [5, 5.41) is 4.43. The van der Waals surface area contributed by atoms with Gasteiger partial charge in [-0.1, -0.05) is 12.1 Å². The molecule has 1 aromatic heterocycles. The standard InChI is InChI=1S/C20H26N4O2/c1-22-20(16-5-6-16)17(11-21-22)13-23-9-10-24(19(25)14-23)12-15-3-7-18(26-2)8-4-15/h3-4,7-8,11,16H,5-6,9-10,12-14H2,1-2H3. The zero-order valence-electron chi connectivity index (χ0n) is 15.5. The summed E-state index contributed by atoms with van der Waals surface area (Å²) < 4.78 is 7.20. The highest BCUT2D eigenvalue weighted by atomic mass is 16.5. The summed E-state index contributed by atoms with van der Waals surface area (Å²) in [5.41, 5.74) is 3.78. The Balaban J connectivity index is 1.35. The lowest BCUT2D eigenvalue weighted by Gasteiger charge is -2.34. The van der Waals surface area contributed by atoms with Crippen LogP contribution < -0.4 is 4.74 Å². The number of nitrogens with zero attached hydrogens (tertiary/aromatic N) is 4. The molecular formula is C20H26N4O2. The lowest BCUT2D eigenvalue weighted by Crippen LogP contribution is -2.49. The van der Waals surface area contributed by atoms with Crippen molar-refractivity contribution in [2.45, 2.75) is 31.8 Å². The molecule has 2 aliphatic rings. The summed E-state index contributed by atoms with van der Waals surface area (Å²) in [5.74, 6) is 1.71. The van der Waals surface area contributed by atoms with Crippen molar-refractivity contribution in [2.24, 2.45) is 7.05 Å². The Morgan fingerprint density at radius 2 is 1.92 bits per heavy atom. The predicted molar refractivity (Wildman–Crippen MR) is 98.9 cm³/mol. The number of amides is 1. The second-order valence-electron chi connectivity index (χ2n) is 7.33. The van der Waals surface area contributed by atoms with E-state index in [0.717, 1.165) is 30.9 Å². The summed E-state index contributed by atoms with van der Waals surface area (Å²) >= 11 is 0. The van der Waals surface area contributed by atoms with Crippen LogP contribution in [0.15, 0.2) is 30.5 Å². The molecule has 4 rings (SSSR count). The van der Waals surface area contributed by atoms with Gasteiger partial charge in [0.25, 0.3) is 0 Å². The fraction of sp³-hybridized carbons (Fsp3) is 0.500. The molecule has 1 aliphatic heterocycles. The van der Waals surface area contributed by atoms with Crippen molar-refractivity contribution in [3.63, 3.8) is 0 Å². The number of hydrogen-bond donors (Lipinski definition) is 0. The van der Waals surface area contributed by atoms with Crippen LogP contribution in [0, 0.1) is 0 Å². The third-order valence-corrected chi connectivity index (χ3v) is 5.35. The van der Waals surface area contributed by atoms with Crippen molar-refractivity contribution < 1.29 is 9.53 Å². The maximum absolute atomic E-state index is 12.6. The highest BCUT2D eigenvalue weighted by molar-refractivity contribution is 5.79. The van der Waals surface area contributed by atoms with E-state index < -0.39 is 0 Å². The number of carbonyl (C=O) groups is 1. The average molecular weight is 354 g/mol. The Kier molecular flexibility index (Phi) is 4.68. The van der Waals surface area contributed by atoms with Crippen LogP contribution in [0.3, 0.4) is 0 Å². The zero-order valence-corrected chi connectivity index (χ0v) is 15.5. The molecule has 1 saturated carbocycles. The molecule has 0 radical (unpaired) electrons. The van der Waals surface area contributed by atoms with Gasteiger partial charge in [0.2, 0.25) is 5.91 Å². The topological polar surface area (TPSA) is 50.6 Å². The van der Waals surface area contributed by atoms with Crippen LogP contribution in [0.5, 0.6) is 5.75 Å². The minimum absolute atomic E-state index is 0.198. The van der Waals surface area contributed by atoms with E-state index >= 15 is 0 Å². The van der Waals surface area contributed by atoms with Gasteiger partial charge in [0.1, 0.15) is 5.75 Å². The number of rotatable bonds is 6. The number of ether oxygens (including phenoxy) is 1. The first-order chi connectivity index (χ1) is 12.6. The molecule has 138 valence electrons. The van der Waals surface area contributed by atoms with Gasteiger partial charge in [-0.25, -0.2) is 0 Å². The molecule has 2 heterocycles. The highest BCUT2D eigenvalue weighted by Gasteiger charge is 2.31. The molecular weight excluding hydrogens is 328 g/mol. The van der Waals surface area contributed by atoms with Gasteiger partial charge >= 0.3 is 0 Å². The number of carbonyl (C=O) groups excluding carboxylic acids is 1. The Hall–Kier alpha value is -2.34. The molecule has 0 N–H and O–H groups in total. The first-order valence-corrected chi connectivity index (χ1v) is 9.28. The average Bonchev–Trinajstić information content (AvgIpc) is 3.41. The van der Waals surface area contributed by atoms with Gasteiger partial charge in [0.05, 0.1) is 19.9 Å². The molecule has 1 aromatic carbocycles. The van der Waals surface area contributed by atoms with Crippen molar-refractivity contribution in [1.29, 1.82) is 0 Å². The van der Waals surface area contributed by atoms with Crippen molar-refractivity contribution in [2.75, 3.05) is 26.7 Å². The van der Waals surface area contributed by atoms with Crippen LogP contribution in [-0.4, -0.2) is 52.2 Å². The van der Waals surface area contributed by atoms with E-state index in [-0.39, 0.29) is 5.91 Å². The van der Waals surface area contributed by atoms with E-state index in [0.29, 0.717) is 19.0 Å². The first-order valence-electron chi connectivity index (χ1n) is 9.28. The molecule has 6 nitrogen and oxygen atoms in total. The Morgan fingerprint density at radius 1 is 1.15 bits per heavy atom. The predicted octanol–water partition coefficient (Wildman–Crippen LogP) is 2.15. The molecule has 0 unspecified atom stereocenters. The molecule has 0 bridgehead atoms. The van der Waals surface area contributed by atoms with Crippen molar-refractivity contribution in [3.8, 4) is 5.75 Å². The van der Waals surface area contributed by atoms with Gasteiger partial charge in [0, 0.05) is 50.4 Å². The van der Waals surface area contributed by atoms with E-state index in [1.807, 2.05) is 47.1 Å². The van der Waals surface area contributed by atoms with Gasteiger partial charge in [-0.2, -0.15) is 5.10 Å². The molecule has 6 heteroatoms. The molecule has 1 amide bonds. The summed E-state index contributed by atoms with van der Waals surface area (Å²) in [4.78, 5) is 16.8. The smallest absolute Gasteiger partial charge is 0.237 e. The van der Waals surface area contributed by atoms with Crippen LogP contribution in [0.2, 0.25) is 0 Å². The van der Waals surface area contributed by atoms with Gasteiger partial charge in [-0.3, -0.25) is 14.4 Å². The maximum Gasteiger partial charge on any atom is 0.237 e. The monoisotopic (exact) mass is 354 g/mol. The Bertz CT molecular complexity index is 780. The van der Waals surface area contributed by atoms with E-state index in [1.54, 1.807) is 7.11 Å². The number of hydrogen-bond acceptors (Lipinski definition) is 4. The van der Waals surface area contributed by atoms with E-state index in [2.05, 4.69) is 10.00 Å². The first kappa shape index (κ1) is 17.1. The number of benzene rings is 1. The fourth-order valence-electron chi connectivity index (χ4n) is 3.75. The number of aryl methyl sites for hydroxylation is 1. The third-order valence-electron chi connectivity index (χ3n) is 5.35. The Labute approximate surface area is 154 Å². The summed E-state index contributed by atoms with van der Waals surface area (Å²) in [6.07, 6.45) is 4.50. The maximum atomic E-state index is 12.6. The normalized spacial score (nSPS) is 18.4. The summed E-state index contributed by atoms with van der Waals surface area (Å²) in [7, 11) is 3.68. The molecule has 1 aliphatic carbocycles. The van der Waals surface area contributed by atoms with E-state index in [1.165, 1.54) is 24.1 Å². The number of piperazine rings is 1. The van der Waals surface area contributed by atoms with Gasteiger partial charge in [-0.15, -0.1) is 0 Å². The van der Waals surface area contributed by atoms with Gasteiger partial charge in [0.15, 0.2) is 0 Å². The fourth-order valence-corrected chi connectivity index (χ4v) is 3.75. The lowest BCUT2D eigenvalue weighted by atomic mass is 10.1. The molecule has 1 saturated heterocycles. The molecule has 0 spiro atoms. The largest absolute Gasteiger partial charge is 0.497 e. The van der Waals surface area contributed by atoms with Crippen molar-refractivity contribution in [3.05, 3.63) is 47.3 Å². The SMILES string of the molecule is COc1ccc(CN2CCN(Cc3cnn(C)c3C3CC3)CC2=O)cc1. The quantitative estimate of drug-likeness (QED) is 0.798. The van der Waals surface area contributed by atoms with Crippen LogP contribution in [-0.2, 0) is 24.9 Å². The second-order valence-corrected chi connectivity index (χ2v) is 7.33. The van der Waals surface area contributed by atoms with Crippen LogP contribution in [0.4, 0.5) is 0 Å². The van der Waals surface area contributed by atoms with Gasteiger partial charge in [-0.05, 0) is 30.5 Å². The third kappa shape index (κ3) is 3.60. The highest BCUT2D eigenvalue weighted by Crippen LogP contribution is 2.41. The second kappa shape index (κ2) is 7.11. The molecule has 2 aromatic rings. The number of methoxy groups -OCH3 is 1. The van der Waals surface area contributed by atoms with Crippen LogP contribution in [0.25, 0.3) is 0 Å². The molecule has 0 atom stereocenters. The van der Waals surface area contributed by atoms with Crippen LogP contribution in [0.1, 0.15) is 35.6 Å². The van der Waals surface area contributed by atoms with E-state index in [9.17, 15) is 4.79 Å². The summed E-state index contributed by atoms with van der Waals surface area (Å²) in [6.45, 7) is 3.64. The minimum atomic E-state index is 0.198. The number of aromatic nitrogens is 2. The molecule has 2 fully saturated rings. The van der Waals surface area contributed by atoms with Crippen LogP contribution >= 0.6 is 0 Å². The van der Waals surface area contributed by atoms with Crippen molar-refractivity contribution >= 4 is 5.91 Å². The lowest BCUT2D eigenvalue weighted by molar-refractivity contribution is -0.136. The summed E-state index contributed by atoms with van der Waals surface area (Å²) in [6, 6.07) is 7.93. The van der Waals surface area contributed by atoms with E-state index in [4.69, 9.17) is 4.74 Å². The molecule has 26 heavy (non-hydrogen) atoms. The van der Waals surface area contributed by atoms with Gasteiger partial charge < -0.3 is 9.64 Å². The van der Waals surface area contributed by atoms with Crippen molar-refractivity contribution in [1.82, 2.24) is 19.6 Å². The zero-order chi connectivity index (χ0) is 18.1. The Morgan fingerprint density at radius 3 is 2.58 bits per heavy atom. The minimum Gasteiger partial charge on any atom is -0.497 e.